The second-order valence-corrected chi connectivity index (χ2v) is 5.99. The van der Waals surface area contributed by atoms with Gasteiger partial charge < -0.3 is 9.64 Å². The highest BCUT2D eigenvalue weighted by atomic mass is 32.1. The fourth-order valence-electron chi connectivity index (χ4n) is 2.63. The highest BCUT2D eigenvalue weighted by Crippen LogP contribution is 2.30. The molecule has 0 amide bonds. The van der Waals surface area contributed by atoms with Crippen LogP contribution in [-0.4, -0.2) is 29.2 Å². The summed E-state index contributed by atoms with van der Waals surface area (Å²) in [6, 6.07) is 2.05. The van der Waals surface area contributed by atoms with Crippen molar-refractivity contribution in [3.05, 3.63) is 40.2 Å². The van der Waals surface area contributed by atoms with E-state index in [1.54, 1.807) is 11.3 Å². The average molecular weight is 307 g/mol. The number of ether oxygens (including phenoxy) is 1. The van der Waals surface area contributed by atoms with Gasteiger partial charge in [0.05, 0.1) is 18.3 Å². The maximum Gasteiger partial charge on any atom is 0.187 e. The Kier molecular flexibility index (Phi) is 4.17. The number of thiophene rings is 1. The molecule has 4 nitrogen and oxygen atoms in total. The van der Waals surface area contributed by atoms with Crippen LogP contribution in [0.3, 0.4) is 0 Å². The molecule has 1 saturated heterocycles. The molecule has 2 unspecified atom stereocenters. The van der Waals surface area contributed by atoms with E-state index in [4.69, 9.17) is 4.74 Å². The van der Waals surface area contributed by atoms with Crippen molar-refractivity contribution in [2.45, 2.75) is 32.5 Å². The lowest BCUT2D eigenvalue weighted by Crippen LogP contribution is -2.43. The first-order chi connectivity index (χ1) is 10.2. The van der Waals surface area contributed by atoms with E-state index in [-0.39, 0.29) is 18.0 Å². The normalized spacial score (nSPS) is 22.5. The van der Waals surface area contributed by atoms with Gasteiger partial charge in [0, 0.05) is 6.54 Å². The van der Waals surface area contributed by atoms with Gasteiger partial charge in [-0.05, 0) is 35.7 Å². The van der Waals surface area contributed by atoms with Crippen molar-refractivity contribution in [2.75, 3.05) is 18.0 Å². The van der Waals surface area contributed by atoms with Crippen molar-refractivity contribution < 1.29 is 9.13 Å². The predicted molar refractivity (Wildman–Crippen MR) is 81.2 cm³/mol. The molecular weight excluding hydrogens is 289 g/mol. The van der Waals surface area contributed by atoms with Gasteiger partial charge in [-0.2, -0.15) is 11.3 Å². The maximum absolute atomic E-state index is 14.4. The summed E-state index contributed by atoms with van der Waals surface area (Å²) in [4.78, 5) is 10.1. The molecule has 2 aromatic heterocycles. The largest absolute Gasteiger partial charge is 0.367 e. The van der Waals surface area contributed by atoms with E-state index >= 15 is 0 Å². The molecule has 2 atom stereocenters. The molecule has 0 saturated carbocycles. The van der Waals surface area contributed by atoms with Crippen LogP contribution in [0.5, 0.6) is 0 Å². The standard InChI is InChI=1S/C15H18FN3OS/c1-3-12-14(16)15(18-9-17-12)19-6-10(2)20-13(7-19)11-4-5-21-8-11/h4-5,8-10,13H,3,6-7H2,1-2H3. The molecule has 1 aliphatic heterocycles. The number of nitrogens with zero attached hydrogens (tertiary/aromatic N) is 3. The Balaban J connectivity index is 1.88. The van der Waals surface area contributed by atoms with E-state index in [1.807, 2.05) is 24.1 Å². The first-order valence-corrected chi connectivity index (χ1v) is 8.05. The van der Waals surface area contributed by atoms with Crippen LogP contribution in [0, 0.1) is 5.82 Å². The van der Waals surface area contributed by atoms with Crippen LogP contribution in [0.15, 0.2) is 23.2 Å². The zero-order chi connectivity index (χ0) is 14.8. The third kappa shape index (κ3) is 2.91. The summed E-state index contributed by atoms with van der Waals surface area (Å²) in [6.07, 6.45) is 1.99. The lowest BCUT2D eigenvalue weighted by Gasteiger charge is -2.37. The SMILES string of the molecule is CCc1ncnc(N2CC(C)OC(c3ccsc3)C2)c1F. The van der Waals surface area contributed by atoms with Crippen LogP contribution in [0.4, 0.5) is 10.2 Å². The summed E-state index contributed by atoms with van der Waals surface area (Å²) in [7, 11) is 0. The number of halogens is 1. The van der Waals surface area contributed by atoms with Crippen LogP contribution < -0.4 is 4.90 Å². The molecule has 0 bridgehead atoms. The summed E-state index contributed by atoms with van der Waals surface area (Å²) >= 11 is 1.64. The van der Waals surface area contributed by atoms with Gasteiger partial charge in [0.25, 0.3) is 0 Å². The fraction of sp³-hybridized carbons (Fsp3) is 0.467. The van der Waals surface area contributed by atoms with Crippen LogP contribution in [-0.2, 0) is 11.2 Å². The number of aromatic nitrogens is 2. The maximum atomic E-state index is 14.4. The molecule has 6 heteroatoms. The van der Waals surface area contributed by atoms with Gasteiger partial charge in [0.15, 0.2) is 11.6 Å². The van der Waals surface area contributed by atoms with Crippen molar-refractivity contribution in [1.82, 2.24) is 9.97 Å². The van der Waals surface area contributed by atoms with Crippen molar-refractivity contribution in [3.8, 4) is 0 Å². The lowest BCUT2D eigenvalue weighted by molar-refractivity contribution is -0.0176. The number of morpholine rings is 1. The fourth-order valence-corrected chi connectivity index (χ4v) is 3.33. The molecule has 21 heavy (non-hydrogen) atoms. The first kappa shape index (κ1) is 14.4. The van der Waals surface area contributed by atoms with E-state index in [0.717, 1.165) is 5.56 Å². The van der Waals surface area contributed by atoms with Crippen molar-refractivity contribution in [2.24, 2.45) is 0 Å². The van der Waals surface area contributed by atoms with Crippen molar-refractivity contribution >= 4 is 17.2 Å². The molecule has 0 spiro atoms. The summed E-state index contributed by atoms with van der Waals surface area (Å²) in [5.41, 5.74) is 1.60. The zero-order valence-electron chi connectivity index (χ0n) is 12.1. The highest BCUT2D eigenvalue weighted by molar-refractivity contribution is 7.07. The molecule has 3 rings (SSSR count). The van der Waals surface area contributed by atoms with Gasteiger partial charge in [-0.1, -0.05) is 6.92 Å². The first-order valence-electron chi connectivity index (χ1n) is 7.11. The van der Waals surface area contributed by atoms with E-state index in [0.29, 0.717) is 31.0 Å². The molecule has 0 aromatic carbocycles. The third-order valence-electron chi connectivity index (χ3n) is 3.65. The van der Waals surface area contributed by atoms with Gasteiger partial charge in [0.1, 0.15) is 12.4 Å². The van der Waals surface area contributed by atoms with Crippen molar-refractivity contribution in [1.29, 1.82) is 0 Å². The number of aryl methyl sites for hydroxylation is 1. The quantitative estimate of drug-likeness (QED) is 0.873. The van der Waals surface area contributed by atoms with Crippen LogP contribution in [0.25, 0.3) is 0 Å². The van der Waals surface area contributed by atoms with Gasteiger partial charge in [-0.25, -0.2) is 14.4 Å². The summed E-state index contributed by atoms with van der Waals surface area (Å²) in [5, 5.41) is 4.11. The predicted octanol–water partition coefficient (Wildman–Crippen LogP) is 3.21. The smallest absolute Gasteiger partial charge is 0.187 e. The summed E-state index contributed by atoms with van der Waals surface area (Å²) < 4.78 is 20.4. The highest BCUT2D eigenvalue weighted by Gasteiger charge is 2.29. The number of rotatable bonds is 3. The number of anilines is 1. The van der Waals surface area contributed by atoms with Crippen LogP contribution in [0.1, 0.15) is 31.2 Å². The minimum Gasteiger partial charge on any atom is -0.367 e. The Morgan fingerprint density at radius 2 is 2.29 bits per heavy atom. The zero-order valence-corrected chi connectivity index (χ0v) is 12.9. The Bertz CT molecular complexity index is 605. The number of hydrogen-bond donors (Lipinski definition) is 0. The minimum atomic E-state index is -0.307. The molecule has 112 valence electrons. The van der Waals surface area contributed by atoms with E-state index in [2.05, 4.69) is 21.4 Å². The van der Waals surface area contributed by atoms with Crippen molar-refractivity contribution in [3.63, 3.8) is 0 Å². The second-order valence-electron chi connectivity index (χ2n) is 5.21. The molecule has 0 N–H and O–H groups in total. The van der Waals surface area contributed by atoms with Gasteiger partial charge >= 0.3 is 0 Å². The summed E-state index contributed by atoms with van der Waals surface area (Å²) in [6.45, 7) is 5.15. The van der Waals surface area contributed by atoms with Crippen LogP contribution >= 0.6 is 11.3 Å². The molecule has 2 aromatic rings. The molecular formula is C15H18FN3OS. The van der Waals surface area contributed by atoms with Gasteiger partial charge in [0.2, 0.25) is 0 Å². The third-order valence-corrected chi connectivity index (χ3v) is 4.35. The van der Waals surface area contributed by atoms with E-state index < -0.39 is 0 Å². The Labute approximate surface area is 127 Å². The minimum absolute atomic E-state index is 0.0306. The Morgan fingerprint density at radius 1 is 1.43 bits per heavy atom. The topological polar surface area (TPSA) is 38.2 Å². The van der Waals surface area contributed by atoms with Gasteiger partial charge in [-0.3, -0.25) is 0 Å². The van der Waals surface area contributed by atoms with Gasteiger partial charge in [-0.15, -0.1) is 0 Å². The molecule has 0 radical (unpaired) electrons. The molecule has 3 heterocycles. The lowest BCUT2D eigenvalue weighted by atomic mass is 10.1. The number of hydrogen-bond acceptors (Lipinski definition) is 5. The Hall–Kier alpha value is -1.53. The molecule has 1 fully saturated rings. The Morgan fingerprint density at radius 3 is 3.00 bits per heavy atom. The molecule has 1 aliphatic rings. The summed E-state index contributed by atoms with van der Waals surface area (Å²) in [5.74, 6) is 0.0791. The monoisotopic (exact) mass is 307 g/mol. The molecule has 0 aliphatic carbocycles. The average Bonchev–Trinajstić information content (AvgIpc) is 3.01. The van der Waals surface area contributed by atoms with E-state index in [1.165, 1.54) is 6.33 Å². The van der Waals surface area contributed by atoms with Crippen LogP contribution in [0.2, 0.25) is 0 Å². The van der Waals surface area contributed by atoms with E-state index in [9.17, 15) is 4.39 Å². The second kappa shape index (κ2) is 6.07.